The van der Waals surface area contributed by atoms with Gasteiger partial charge in [0.15, 0.2) is 15.7 Å². The first-order valence-corrected chi connectivity index (χ1v) is 18.0. The number of aromatic nitrogens is 2. The number of amides is 1. The Morgan fingerprint density at radius 3 is 2.38 bits per heavy atom. The molecule has 0 atom stereocenters. The Kier molecular flexibility index (Phi) is 11.1. The number of piperazine rings is 1. The zero-order chi connectivity index (χ0) is 33.7. The molecule has 12 nitrogen and oxygen atoms in total. The number of halogens is 1. The summed E-state index contributed by atoms with van der Waals surface area (Å²) < 4.78 is 31.8. The number of hydrogen-bond acceptors (Lipinski definition) is 11. The van der Waals surface area contributed by atoms with Crippen molar-refractivity contribution in [2.75, 3.05) is 74.3 Å². The van der Waals surface area contributed by atoms with Crippen LogP contribution >= 0.6 is 11.6 Å². The Morgan fingerprint density at radius 1 is 1.02 bits per heavy atom. The maximum absolute atomic E-state index is 13.0. The number of sulfone groups is 1. The van der Waals surface area contributed by atoms with Crippen LogP contribution in [-0.4, -0.2) is 98.8 Å². The van der Waals surface area contributed by atoms with Gasteiger partial charge >= 0.3 is 0 Å². The molecule has 2 fully saturated rings. The molecule has 3 aromatic rings. The number of ether oxygens (including phenoxy) is 1. The summed E-state index contributed by atoms with van der Waals surface area (Å²) in [6, 6.07) is 11.0. The molecule has 14 heteroatoms. The van der Waals surface area contributed by atoms with Crippen LogP contribution in [0.3, 0.4) is 0 Å². The molecule has 0 aliphatic carbocycles. The van der Waals surface area contributed by atoms with Crippen molar-refractivity contribution in [2.24, 2.45) is 0 Å². The molecule has 0 saturated carbocycles. The third-order valence-corrected chi connectivity index (χ3v) is 11.3. The number of nitrogens with one attached hydrogen (secondary N) is 3. The fourth-order valence-electron chi connectivity index (χ4n) is 5.93. The van der Waals surface area contributed by atoms with Gasteiger partial charge in [0.25, 0.3) is 0 Å². The fraction of sp³-hybridized carbons (Fsp3) is 0.485. The van der Waals surface area contributed by atoms with E-state index in [1.165, 1.54) is 6.20 Å². The molecule has 0 bridgehead atoms. The summed E-state index contributed by atoms with van der Waals surface area (Å²) in [5, 5.41) is 8.97. The summed E-state index contributed by atoms with van der Waals surface area (Å²) in [6.45, 7) is 11.2. The van der Waals surface area contributed by atoms with Gasteiger partial charge in [0, 0.05) is 57.8 Å². The average molecular weight is 685 g/mol. The number of para-hydroxylation sites is 1. The molecule has 0 unspecified atom stereocenters. The fourth-order valence-corrected chi connectivity index (χ4v) is 7.27. The van der Waals surface area contributed by atoms with E-state index < -0.39 is 15.1 Å². The minimum atomic E-state index is -3.57. The zero-order valence-electron chi connectivity index (χ0n) is 27.7. The van der Waals surface area contributed by atoms with Crippen LogP contribution in [0.2, 0.25) is 5.02 Å². The predicted octanol–water partition coefficient (Wildman–Crippen LogP) is 5.37. The standard InChI is InChI=1S/C33H45ClN8O4S/c1-6-31(43)36-26-19-27(29(46-5)20-28(26)42-13-11-23(12-14-42)41-17-15-40(4)16-18-41)38-33-35-21-24(34)32(39-33)37-25-9-7-8-10-30(25)47(44,45)22(2)3/h7-10,19-23H,6,11-18H2,1-5H3,(H,36,43)(H2,35,37,38,39). The molecule has 0 radical (unpaired) electrons. The van der Waals surface area contributed by atoms with Gasteiger partial charge in [0.05, 0.1) is 46.2 Å². The smallest absolute Gasteiger partial charge is 0.229 e. The molecular formula is C33H45ClN8O4S. The molecular weight excluding hydrogens is 640 g/mol. The van der Waals surface area contributed by atoms with Crippen molar-refractivity contribution in [2.45, 2.75) is 56.2 Å². The van der Waals surface area contributed by atoms with Gasteiger partial charge in [-0.05, 0) is 51.9 Å². The van der Waals surface area contributed by atoms with Crippen LogP contribution in [-0.2, 0) is 14.6 Å². The highest BCUT2D eigenvalue weighted by atomic mass is 35.5. The number of anilines is 6. The molecule has 254 valence electrons. The molecule has 3 heterocycles. The van der Waals surface area contributed by atoms with Crippen LogP contribution in [0.1, 0.15) is 40.0 Å². The van der Waals surface area contributed by atoms with Crippen molar-refractivity contribution in [3.05, 3.63) is 47.6 Å². The van der Waals surface area contributed by atoms with Crippen LogP contribution in [0.25, 0.3) is 0 Å². The second-order valence-corrected chi connectivity index (χ2v) is 15.1. The predicted molar refractivity (Wildman–Crippen MR) is 189 cm³/mol. The van der Waals surface area contributed by atoms with Crippen molar-refractivity contribution < 1.29 is 17.9 Å². The van der Waals surface area contributed by atoms with Crippen molar-refractivity contribution in [1.29, 1.82) is 0 Å². The van der Waals surface area contributed by atoms with Gasteiger partial charge in [-0.2, -0.15) is 4.98 Å². The molecule has 3 N–H and O–H groups in total. The number of carbonyl (C=O) groups is 1. The van der Waals surface area contributed by atoms with Gasteiger partial charge in [-0.1, -0.05) is 30.7 Å². The largest absolute Gasteiger partial charge is 0.494 e. The van der Waals surface area contributed by atoms with Crippen molar-refractivity contribution in [3.8, 4) is 5.75 Å². The van der Waals surface area contributed by atoms with E-state index in [1.807, 2.05) is 19.1 Å². The SMILES string of the molecule is CCC(=O)Nc1cc(Nc2ncc(Cl)c(Nc3ccccc3S(=O)(=O)C(C)C)n2)c(OC)cc1N1CCC(N2CCN(C)CC2)CC1. The van der Waals surface area contributed by atoms with Gasteiger partial charge < -0.3 is 30.5 Å². The highest BCUT2D eigenvalue weighted by Crippen LogP contribution is 2.40. The van der Waals surface area contributed by atoms with Gasteiger partial charge in [-0.25, -0.2) is 13.4 Å². The van der Waals surface area contributed by atoms with Crippen LogP contribution in [0.5, 0.6) is 5.75 Å². The number of carbonyl (C=O) groups excluding carboxylic acids is 1. The van der Waals surface area contributed by atoms with Gasteiger partial charge in [0.2, 0.25) is 11.9 Å². The Hall–Kier alpha value is -3.65. The van der Waals surface area contributed by atoms with Crippen molar-refractivity contribution in [3.63, 3.8) is 0 Å². The second kappa shape index (κ2) is 15.1. The Labute approximate surface area is 282 Å². The minimum absolute atomic E-state index is 0.0982. The molecule has 5 rings (SSSR count). The molecule has 2 saturated heterocycles. The zero-order valence-corrected chi connectivity index (χ0v) is 29.3. The van der Waals surface area contributed by atoms with Crippen LogP contribution in [0, 0.1) is 0 Å². The highest BCUT2D eigenvalue weighted by Gasteiger charge is 2.29. The third-order valence-electron chi connectivity index (χ3n) is 8.83. The van der Waals surface area contributed by atoms with E-state index in [0.29, 0.717) is 35.3 Å². The van der Waals surface area contributed by atoms with E-state index in [0.717, 1.165) is 57.8 Å². The number of nitrogens with zero attached hydrogens (tertiary/aromatic N) is 5. The van der Waals surface area contributed by atoms with E-state index in [2.05, 4.69) is 47.7 Å². The van der Waals surface area contributed by atoms with Crippen molar-refractivity contribution >= 4 is 61.9 Å². The lowest BCUT2D eigenvalue weighted by Gasteiger charge is -2.43. The maximum Gasteiger partial charge on any atom is 0.229 e. The highest BCUT2D eigenvalue weighted by molar-refractivity contribution is 7.92. The van der Waals surface area contributed by atoms with E-state index in [-0.39, 0.29) is 27.6 Å². The topological polar surface area (TPSA) is 132 Å². The Morgan fingerprint density at radius 2 is 1.72 bits per heavy atom. The molecule has 2 aliphatic rings. The number of rotatable bonds is 11. The molecule has 1 aromatic heterocycles. The number of methoxy groups -OCH3 is 1. The third kappa shape index (κ3) is 8.08. The Balaban J connectivity index is 1.40. The summed E-state index contributed by atoms with van der Waals surface area (Å²) in [4.78, 5) is 29.0. The summed E-state index contributed by atoms with van der Waals surface area (Å²) in [5.74, 6) is 0.887. The molecule has 2 aliphatic heterocycles. The van der Waals surface area contributed by atoms with E-state index >= 15 is 0 Å². The number of likely N-dealkylation sites (N-methyl/N-ethyl adjacent to an activating group) is 1. The number of hydrogen-bond donors (Lipinski definition) is 3. The second-order valence-electron chi connectivity index (χ2n) is 12.3. The molecule has 0 spiro atoms. The van der Waals surface area contributed by atoms with Crippen LogP contribution < -0.4 is 25.6 Å². The maximum atomic E-state index is 13.0. The summed E-state index contributed by atoms with van der Waals surface area (Å²) in [6.07, 6.45) is 3.86. The van der Waals surface area contributed by atoms with Crippen LogP contribution in [0.15, 0.2) is 47.5 Å². The number of piperidine rings is 1. The van der Waals surface area contributed by atoms with Crippen LogP contribution in [0.4, 0.5) is 34.5 Å². The monoisotopic (exact) mass is 684 g/mol. The average Bonchev–Trinajstić information content (AvgIpc) is 3.07. The molecule has 47 heavy (non-hydrogen) atoms. The van der Waals surface area contributed by atoms with E-state index in [4.69, 9.17) is 16.3 Å². The first-order chi connectivity index (χ1) is 22.5. The van der Waals surface area contributed by atoms with E-state index in [1.54, 1.807) is 45.2 Å². The molecule has 1 amide bonds. The van der Waals surface area contributed by atoms with Gasteiger partial charge in [0.1, 0.15) is 10.8 Å². The lowest BCUT2D eigenvalue weighted by Crippen LogP contribution is -2.52. The normalized spacial score (nSPS) is 16.7. The van der Waals surface area contributed by atoms with Gasteiger partial charge in [-0.15, -0.1) is 0 Å². The van der Waals surface area contributed by atoms with E-state index in [9.17, 15) is 13.2 Å². The first-order valence-electron chi connectivity index (χ1n) is 16.1. The lowest BCUT2D eigenvalue weighted by atomic mass is 10.0. The minimum Gasteiger partial charge on any atom is -0.494 e. The van der Waals surface area contributed by atoms with Gasteiger partial charge in [-0.3, -0.25) is 9.69 Å². The molecule has 2 aromatic carbocycles. The Bertz CT molecular complexity index is 1670. The first kappa shape index (κ1) is 34.7. The summed E-state index contributed by atoms with van der Waals surface area (Å²) >= 11 is 6.46. The quantitative estimate of drug-likeness (QED) is 0.241. The van der Waals surface area contributed by atoms with Crippen molar-refractivity contribution in [1.82, 2.24) is 19.8 Å². The summed E-state index contributed by atoms with van der Waals surface area (Å²) in [7, 11) is 0.196. The lowest BCUT2D eigenvalue weighted by molar-refractivity contribution is -0.115. The number of benzene rings is 2. The summed E-state index contributed by atoms with van der Waals surface area (Å²) in [5.41, 5.74) is 2.47.